The van der Waals surface area contributed by atoms with Crippen molar-refractivity contribution < 1.29 is 35.9 Å². The second kappa shape index (κ2) is 13.8. The van der Waals surface area contributed by atoms with Gasteiger partial charge in [0.2, 0.25) is 11.8 Å². The van der Waals surface area contributed by atoms with Crippen LogP contribution in [0.1, 0.15) is 30.5 Å². The molecule has 41 heavy (non-hydrogen) atoms. The summed E-state index contributed by atoms with van der Waals surface area (Å²) in [5, 5.41) is 12.9. The second-order valence-corrected chi connectivity index (χ2v) is 11.3. The lowest BCUT2D eigenvalue weighted by Gasteiger charge is -2.10. The number of halogens is 3. The van der Waals surface area contributed by atoms with E-state index < -0.39 is 39.5 Å². The molecule has 0 saturated carbocycles. The van der Waals surface area contributed by atoms with E-state index in [4.69, 9.17) is 0 Å². The molecule has 0 atom stereocenters. The molecule has 2 N–H and O–H groups in total. The Morgan fingerprint density at radius 2 is 1.76 bits per heavy atom. The van der Waals surface area contributed by atoms with Crippen molar-refractivity contribution in [3.05, 3.63) is 70.4 Å². The number of ether oxygens (including phenoxy) is 1. The van der Waals surface area contributed by atoms with Gasteiger partial charge in [0.1, 0.15) is 21.4 Å². The molecule has 1 aromatic carbocycles. The number of carbonyl (C=O) groups is 2. The summed E-state index contributed by atoms with van der Waals surface area (Å²) in [4.78, 5) is 40.1. The van der Waals surface area contributed by atoms with E-state index in [2.05, 4.69) is 30.6 Å². The van der Waals surface area contributed by atoms with Crippen LogP contribution >= 0.6 is 0 Å². The van der Waals surface area contributed by atoms with Crippen LogP contribution in [0.25, 0.3) is 0 Å². The monoisotopic (exact) mass is 596 g/mol. The minimum absolute atomic E-state index is 0.0381. The van der Waals surface area contributed by atoms with E-state index in [0.29, 0.717) is 37.1 Å². The zero-order valence-corrected chi connectivity index (χ0v) is 22.7. The lowest BCUT2D eigenvalue weighted by Crippen LogP contribution is -2.25. The van der Waals surface area contributed by atoms with E-state index in [1.54, 1.807) is 12.1 Å². The number of hydrogen-bond acceptors (Lipinski definition) is 9. The fourth-order valence-electron chi connectivity index (χ4n) is 3.53. The van der Waals surface area contributed by atoms with Crippen LogP contribution in [-0.2, 0) is 38.8 Å². The van der Waals surface area contributed by atoms with E-state index >= 15 is 0 Å². The maximum Gasteiger partial charge on any atom is 0.573 e. The van der Waals surface area contributed by atoms with Gasteiger partial charge in [0.25, 0.3) is 0 Å². The van der Waals surface area contributed by atoms with Crippen LogP contribution in [0.3, 0.4) is 0 Å². The number of hydrogen-bond donors (Lipinski definition) is 2. The molecule has 0 aliphatic heterocycles. The molecular formula is C25H27F3N6O6S. The number of sulfone groups is 1. The molecule has 3 rings (SSSR count). The Balaban J connectivity index is 1.41. The van der Waals surface area contributed by atoms with E-state index in [1.807, 2.05) is 0 Å². The third kappa shape index (κ3) is 11.7. The highest BCUT2D eigenvalue weighted by Gasteiger charge is 2.31. The van der Waals surface area contributed by atoms with E-state index in [0.717, 1.165) is 18.4 Å². The molecule has 0 aliphatic carbocycles. The van der Waals surface area contributed by atoms with Crippen molar-refractivity contribution in [1.29, 1.82) is 0 Å². The summed E-state index contributed by atoms with van der Waals surface area (Å²) in [6.45, 7) is 0.366. The number of benzene rings is 1. The molecule has 2 aromatic heterocycles. The molecule has 0 aliphatic rings. The number of alkyl halides is 3. The molecule has 0 saturated heterocycles. The Labute approximate surface area is 232 Å². The average Bonchev–Trinajstić information content (AvgIpc) is 2.86. The number of nitrogens with zero attached hydrogens (tertiary/aromatic N) is 4. The van der Waals surface area contributed by atoms with Crippen molar-refractivity contribution in [3.8, 4) is 5.75 Å². The Hall–Kier alpha value is -4.34. The van der Waals surface area contributed by atoms with Crippen LogP contribution in [0.15, 0.2) is 53.5 Å². The zero-order valence-electron chi connectivity index (χ0n) is 21.8. The van der Waals surface area contributed by atoms with Crippen LogP contribution in [-0.4, -0.2) is 58.4 Å². The van der Waals surface area contributed by atoms with Crippen LogP contribution in [0, 0.1) is 0 Å². The highest BCUT2D eigenvalue weighted by Crippen LogP contribution is 2.23. The largest absolute Gasteiger partial charge is 0.573 e. The first kappa shape index (κ1) is 31.2. The van der Waals surface area contributed by atoms with Gasteiger partial charge >= 0.3 is 12.1 Å². The first-order valence-corrected chi connectivity index (χ1v) is 14.3. The summed E-state index contributed by atoms with van der Waals surface area (Å²) in [6.07, 6.45) is -0.933. The normalized spacial score (nSPS) is 11.6. The second-order valence-electron chi connectivity index (χ2n) is 9.00. The Morgan fingerprint density at radius 3 is 2.41 bits per heavy atom. The van der Waals surface area contributed by atoms with Crippen LogP contribution in [0.4, 0.5) is 24.8 Å². The fraction of sp³-hybridized carbons (Fsp3) is 0.360. The molecular weight excluding hydrogens is 569 g/mol. The summed E-state index contributed by atoms with van der Waals surface area (Å²) in [6, 6.07) is 9.80. The Kier molecular flexibility index (Phi) is 10.5. The van der Waals surface area contributed by atoms with Crippen molar-refractivity contribution in [2.24, 2.45) is 0 Å². The van der Waals surface area contributed by atoms with E-state index in [-0.39, 0.29) is 30.2 Å². The van der Waals surface area contributed by atoms with Gasteiger partial charge in [0, 0.05) is 25.4 Å². The number of aromatic nitrogens is 4. The lowest BCUT2D eigenvalue weighted by atomic mass is 10.1. The first-order chi connectivity index (χ1) is 19.3. The van der Waals surface area contributed by atoms with Crippen LogP contribution in [0.5, 0.6) is 5.75 Å². The third-order valence-electron chi connectivity index (χ3n) is 5.41. The first-order valence-electron chi connectivity index (χ1n) is 12.3. The van der Waals surface area contributed by atoms with Crippen LogP contribution in [0.2, 0.25) is 0 Å². The van der Waals surface area contributed by atoms with Gasteiger partial charge < -0.3 is 15.4 Å². The van der Waals surface area contributed by atoms with Gasteiger partial charge in [0.15, 0.2) is 5.82 Å². The molecule has 0 spiro atoms. The Morgan fingerprint density at radius 1 is 1.00 bits per heavy atom. The maximum atomic E-state index is 12.4. The highest BCUT2D eigenvalue weighted by atomic mass is 32.2. The quantitative estimate of drug-likeness (QED) is 0.282. The fourth-order valence-corrected chi connectivity index (χ4v) is 4.08. The molecule has 0 radical (unpaired) electrons. The summed E-state index contributed by atoms with van der Waals surface area (Å²) >= 11 is 0. The Bertz CT molecular complexity index is 1530. The summed E-state index contributed by atoms with van der Waals surface area (Å²) in [5.41, 5.74) is 0.412. The van der Waals surface area contributed by atoms with Gasteiger partial charge in [-0.05, 0) is 55.2 Å². The van der Waals surface area contributed by atoms with Crippen molar-refractivity contribution in [2.45, 2.75) is 45.0 Å². The number of anilines is 2. The van der Waals surface area contributed by atoms with Crippen molar-refractivity contribution in [3.63, 3.8) is 0 Å². The number of unbranched alkanes of at least 4 members (excludes halogenated alkanes) is 1. The third-order valence-corrected chi connectivity index (χ3v) is 6.35. The number of aryl methyl sites for hydroxylation is 2. The smallest absolute Gasteiger partial charge is 0.406 e. The maximum absolute atomic E-state index is 12.4. The predicted octanol–water partition coefficient (Wildman–Crippen LogP) is 2.51. The van der Waals surface area contributed by atoms with Crippen molar-refractivity contribution in [2.75, 3.05) is 22.6 Å². The average molecular weight is 597 g/mol. The standard InChI is InChI=1S/C25H27F3N6O6S/c1-41(38,39)14-11-22(35)29-20-10-13-34(24(37)31-20)12-3-2-6-18-8-9-21(33-32-18)30-23(36)16-17-5-4-7-19(15-17)40-25(26,27)28/h4-5,7-10,13,15H,2-3,6,11-12,14,16H2,1H3,(H,30,33,36)(H,29,31,35,37). The zero-order chi connectivity index (χ0) is 30.0. The van der Waals surface area contributed by atoms with Gasteiger partial charge in [-0.15, -0.1) is 18.3 Å². The molecule has 12 nitrogen and oxygen atoms in total. The lowest BCUT2D eigenvalue weighted by molar-refractivity contribution is -0.274. The minimum atomic E-state index is -4.83. The van der Waals surface area contributed by atoms with Gasteiger partial charge in [-0.2, -0.15) is 10.1 Å². The number of rotatable bonds is 13. The molecule has 220 valence electrons. The summed E-state index contributed by atoms with van der Waals surface area (Å²) in [7, 11) is -3.29. The van der Waals surface area contributed by atoms with Crippen molar-refractivity contribution in [1.82, 2.24) is 19.7 Å². The van der Waals surface area contributed by atoms with Gasteiger partial charge in [0.05, 0.1) is 17.9 Å². The van der Waals surface area contributed by atoms with Gasteiger partial charge in [-0.1, -0.05) is 12.1 Å². The van der Waals surface area contributed by atoms with Crippen LogP contribution < -0.4 is 21.1 Å². The highest BCUT2D eigenvalue weighted by molar-refractivity contribution is 7.90. The van der Waals surface area contributed by atoms with E-state index in [9.17, 15) is 36.0 Å². The number of carbonyl (C=O) groups excluding carboxylic acids is 2. The SMILES string of the molecule is CS(=O)(=O)CCC(=O)Nc1ccn(CCCCc2ccc(NC(=O)Cc3cccc(OC(F)(F)F)c3)nn2)c(=O)n1. The number of nitrogens with one attached hydrogen (secondary N) is 2. The molecule has 0 fully saturated rings. The number of amides is 2. The van der Waals surface area contributed by atoms with Crippen molar-refractivity contribution >= 4 is 33.3 Å². The molecule has 2 amide bonds. The van der Waals surface area contributed by atoms with Gasteiger partial charge in [-0.3, -0.25) is 14.2 Å². The molecule has 3 aromatic rings. The van der Waals surface area contributed by atoms with Gasteiger partial charge in [-0.25, -0.2) is 13.2 Å². The molecule has 0 bridgehead atoms. The topological polar surface area (TPSA) is 162 Å². The molecule has 0 unspecified atom stereocenters. The molecule has 2 heterocycles. The minimum Gasteiger partial charge on any atom is -0.406 e. The predicted molar refractivity (Wildman–Crippen MR) is 142 cm³/mol. The molecule has 16 heteroatoms. The summed E-state index contributed by atoms with van der Waals surface area (Å²) in [5.74, 6) is -1.55. The van der Waals surface area contributed by atoms with E-state index in [1.165, 1.54) is 29.0 Å². The summed E-state index contributed by atoms with van der Waals surface area (Å²) < 4.78 is 64.7.